The second-order valence-corrected chi connectivity index (χ2v) is 9.81. The maximum Gasteiger partial charge on any atom is 0.265 e. The van der Waals surface area contributed by atoms with Crippen molar-refractivity contribution in [2.24, 2.45) is 0 Å². The molecule has 1 saturated heterocycles. The van der Waals surface area contributed by atoms with Crippen molar-refractivity contribution in [3.05, 3.63) is 47.5 Å². The van der Waals surface area contributed by atoms with Crippen LogP contribution in [-0.2, 0) is 19.6 Å². The van der Waals surface area contributed by atoms with Crippen LogP contribution in [0, 0.1) is 13.8 Å². The van der Waals surface area contributed by atoms with Crippen LogP contribution in [0.2, 0.25) is 0 Å². The molecule has 164 valence electrons. The van der Waals surface area contributed by atoms with Crippen molar-refractivity contribution in [2.75, 3.05) is 17.2 Å². The van der Waals surface area contributed by atoms with E-state index in [4.69, 9.17) is 4.74 Å². The summed E-state index contributed by atoms with van der Waals surface area (Å²) in [4.78, 5) is 24.9. The number of fused-ring (bicyclic) bond motifs is 1. The van der Waals surface area contributed by atoms with Crippen LogP contribution in [0.5, 0.6) is 5.75 Å². The molecule has 0 aromatic heterocycles. The van der Waals surface area contributed by atoms with Gasteiger partial charge < -0.3 is 15.4 Å². The van der Waals surface area contributed by atoms with Crippen LogP contribution in [0.25, 0.3) is 0 Å². The van der Waals surface area contributed by atoms with Crippen molar-refractivity contribution in [1.82, 2.24) is 4.31 Å². The summed E-state index contributed by atoms with van der Waals surface area (Å²) in [5.41, 5.74) is 2.97. The Bertz CT molecular complexity index is 1160. The van der Waals surface area contributed by atoms with Gasteiger partial charge in [0.1, 0.15) is 11.8 Å². The van der Waals surface area contributed by atoms with E-state index < -0.39 is 22.2 Å². The smallest absolute Gasteiger partial charge is 0.265 e. The Morgan fingerprint density at radius 3 is 2.77 bits per heavy atom. The summed E-state index contributed by atoms with van der Waals surface area (Å²) in [6, 6.07) is 9.16. The van der Waals surface area contributed by atoms with Crippen molar-refractivity contribution in [3.63, 3.8) is 0 Å². The number of aryl methyl sites for hydroxylation is 1. The Morgan fingerprint density at radius 1 is 1.23 bits per heavy atom. The van der Waals surface area contributed by atoms with E-state index in [0.29, 0.717) is 30.0 Å². The van der Waals surface area contributed by atoms with Crippen LogP contribution in [0.3, 0.4) is 0 Å². The van der Waals surface area contributed by atoms with Gasteiger partial charge in [-0.3, -0.25) is 9.59 Å². The molecule has 0 unspecified atom stereocenters. The van der Waals surface area contributed by atoms with Gasteiger partial charge in [-0.05, 0) is 69.0 Å². The van der Waals surface area contributed by atoms with Crippen LogP contribution < -0.4 is 15.4 Å². The van der Waals surface area contributed by atoms with Gasteiger partial charge >= 0.3 is 0 Å². The standard InChI is InChI=1S/C22H25N3O5S/c1-13-6-4-7-17(14(13)2)23-22(27)19-8-5-11-25(19)31(28,29)16-9-10-20-18(12-16)24-21(26)15(3)30-20/h4,6-7,9-10,12,15,19H,5,8,11H2,1-3H3,(H,23,27)(H,24,26)/t15-,19-/m1/s1. The molecule has 2 amide bonds. The average Bonchev–Trinajstić information content (AvgIpc) is 3.23. The zero-order valence-electron chi connectivity index (χ0n) is 17.6. The number of amides is 2. The van der Waals surface area contributed by atoms with Gasteiger partial charge in [-0.25, -0.2) is 8.42 Å². The number of anilines is 2. The molecule has 2 atom stereocenters. The third kappa shape index (κ3) is 3.90. The fourth-order valence-electron chi connectivity index (χ4n) is 3.88. The first kappa shape index (κ1) is 21.3. The minimum Gasteiger partial charge on any atom is -0.479 e. The van der Waals surface area contributed by atoms with Crippen molar-refractivity contribution >= 4 is 33.2 Å². The molecule has 2 aromatic rings. The Balaban J connectivity index is 1.59. The molecule has 2 aliphatic heterocycles. The first-order valence-corrected chi connectivity index (χ1v) is 11.6. The molecule has 9 heteroatoms. The molecule has 1 fully saturated rings. The van der Waals surface area contributed by atoms with E-state index in [-0.39, 0.29) is 23.3 Å². The molecule has 2 heterocycles. The normalized spacial score (nSPS) is 21.2. The molecule has 8 nitrogen and oxygen atoms in total. The first-order valence-electron chi connectivity index (χ1n) is 10.2. The third-order valence-corrected chi connectivity index (χ3v) is 7.76. The lowest BCUT2D eigenvalue weighted by atomic mass is 10.1. The number of benzene rings is 2. The maximum absolute atomic E-state index is 13.3. The Kier molecular flexibility index (Phi) is 5.49. The lowest BCUT2D eigenvalue weighted by Gasteiger charge is -2.26. The van der Waals surface area contributed by atoms with E-state index in [2.05, 4.69) is 10.6 Å². The Labute approximate surface area is 181 Å². The van der Waals surface area contributed by atoms with Crippen molar-refractivity contribution in [2.45, 2.75) is 50.7 Å². The summed E-state index contributed by atoms with van der Waals surface area (Å²) >= 11 is 0. The van der Waals surface area contributed by atoms with E-state index >= 15 is 0 Å². The first-order chi connectivity index (χ1) is 14.7. The topological polar surface area (TPSA) is 105 Å². The number of nitrogens with zero attached hydrogens (tertiary/aromatic N) is 1. The lowest BCUT2D eigenvalue weighted by molar-refractivity contribution is -0.122. The van der Waals surface area contributed by atoms with Crippen LogP contribution in [0.15, 0.2) is 41.3 Å². The number of nitrogens with one attached hydrogen (secondary N) is 2. The number of ether oxygens (including phenoxy) is 1. The molecular weight excluding hydrogens is 418 g/mol. The van der Waals surface area contributed by atoms with E-state index in [0.717, 1.165) is 11.1 Å². The maximum atomic E-state index is 13.3. The van der Waals surface area contributed by atoms with Crippen molar-refractivity contribution in [1.29, 1.82) is 0 Å². The van der Waals surface area contributed by atoms with Crippen LogP contribution >= 0.6 is 0 Å². The molecule has 0 aliphatic carbocycles. The summed E-state index contributed by atoms with van der Waals surface area (Å²) in [5, 5.41) is 5.55. The van der Waals surface area contributed by atoms with Crippen LogP contribution in [-0.4, -0.2) is 43.2 Å². The largest absolute Gasteiger partial charge is 0.479 e. The monoisotopic (exact) mass is 443 g/mol. The van der Waals surface area contributed by atoms with Gasteiger partial charge in [-0.15, -0.1) is 0 Å². The fraction of sp³-hybridized carbons (Fsp3) is 0.364. The minimum absolute atomic E-state index is 0.0103. The van der Waals surface area contributed by atoms with E-state index in [1.54, 1.807) is 13.0 Å². The van der Waals surface area contributed by atoms with Gasteiger partial charge in [-0.1, -0.05) is 12.1 Å². The molecule has 2 aliphatic rings. The molecule has 2 N–H and O–H groups in total. The second kappa shape index (κ2) is 7.97. The van der Waals surface area contributed by atoms with Crippen LogP contribution in [0.1, 0.15) is 30.9 Å². The fourth-order valence-corrected chi connectivity index (χ4v) is 5.56. The molecule has 0 spiro atoms. The van der Waals surface area contributed by atoms with Crippen LogP contribution in [0.4, 0.5) is 11.4 Å². The SMILES string of the molecule is Cc1cccc(NC(=O)[C@H]2CCCN2S(=O)(=O)c2ccc3c(c2)NC(=O)[C@@H](C)O3)c1C. The number of hydrogen-bond donors (Lipinski definition) is 2. The predicted octanol–water partition coefficient (Wildman–Crippen LogP) is 2.81. The highest BCUT2D eigenvalue weighted by Gasteiger charge is 2.40. The third-order valence-electron chi connectivity index (χ3n) is 5.86. The number of hydrogen-bond acceptors (Lipinski definition) is 5. The number of carbonyl (C=O) groups is 2. The highest BCUT2D eigenvalue weighted by atomic mass is 32.2. The quantitative estimate of drug-likeness (QED) is 0.756. The zero-order chi connectivity index (χ0) is 22.3. The second-order valence-electron chi connectivity index (χ2n) is 7.92. The molecular formula is C22H25N3O5S. The highest BCUT2D eigenvalue weighted by molar-refractivity contribution is 7.89. The van der Waals surface area contributed by atoms with E-state index in [1.807, 2.05) is 26.0 Å². The van der Waals surface area contributed by atoms with Gasteiger partial charge in [0.15, 0.2) is 6.10 Å². The van der Waals surface area contributed by atoms with E-state index in [1.165, 1.54) is 22.5 Å². The summed E-state index contributed by atoms with van der Waals surface area (Å²) in [6.07, 6.45) is 0.386. The summed E-state index contributed by atoms with van der Waals surface area (Å²) < 4.78 is 33.4. The van der Waals surface area contributed by atoms with Crippen molar-refractivity contribution in [3.8, 4) is 5.75 Å². The summed E-state index contributed by atoms with van der Waals surface area (Å²) in [5.74, 6) is -0.274. The minimum atomic E-state index is -3.94. The molecule has 31 heavy (non-hydrogen) atoms. The molecule has 4 rings (SSSR count). The predicted molar refractivity (Wildman–Crippen MR) is 117 cm³/mol. The summed E-state index contributed by atoms with van der Waals surface area (Å²) in [6.45, 7) is 5.74. The number of rotatable bonds is 4. The number of carbonyl (C=O) groups excluding carboxylic acids is 2. The molecule has 0 bridgehead atoms. The van der Waals surface area contributed by atoms with Gasteiger partial charge in [0, 0.05) is 12.2 Å². The molecule has 0 saturated carbocycles. The van der Waals surface area contributed by atoms with Crippen molar-refractivity contribution < 1.29 is 22.7 Å². The number of sulfonamides is 1. The zero-order valence-corrected chi connectivity index (χ0v) is 18.5. The van der Waals surface area contributed by atoms with Gasteiger partial charge in [0.25, 0.3) is 5.91 Å². The lowest BCUT2D eigenvalue weighted by Crippen LogP contribution is -2.43. The Morgan fingerprint density at radius 2 is 2.00 bits per heavy atom. The molecule has 0 radical (unpaired) electrons. The van der Waals surface area contributed by atoms with Gasteiger partial charge in [-0.2, -0.15) is 4.31 Å². The average molecular weight is 444 g/mol. The Hall–Kier alpha value is -2.91. The van der Waals surface area contributed by atoms with Gasteiger partial charge in [0.2, 0.25) is 15.9 Å². The van der Waals surface area contributed by atoms with Gasteiger partial charge in [0.05, 0.1) is 10.6 Å². The van der Waals surface area contributed by atoms with E-state index in [9.17, 15) is 18.0 Å². The highest BCUT2D eigenvalue weighted by Crippen LogP contribution is 2.34. The molecule has 2 aromatic carbocycles. The summed E-state index contributed by atoms with van der Waals surface area (Å²) in [7, 11) is -3.94.